The predicted octanol–water partition coefficient (Wildman–Crippen LogP) is 1.81. The van der Waals surface area contributed by atoms with E-state index in [0.29, 0.717) is 10.8 Å². The highest BCUT2D eigenvalue weighted by Crippen LogP contribution is 2.33. The standard InChI is InChI=1S/C10H12ClN3O/c1-7(15)14-6-2-3-8(14)9-10(11)13-5-4-12-9/h4-5,8H,2-3,6H2,1H3/t8-/m1/s1. The SMILES string of the molecule is CC(=O)N1CCC[C@@H]1c1nccnc1Cl. The molecule has 1 aromatic rings. The van der Waals surface area contributed by atoms with Crippen LogP contribution in [0.1, 0.15) is 31.5 Å². The van der Waals surface area contributed by atoms with Gasteiger partial charge in [0.15, 0.2) is 5.15 Å². The number of carbonyl (C=O) groups excluding carboxylic acids is 1. The maximum Gasteiger partial charge on any atom is 0.220 e. The van der Waals surface area contributed by atoms with Crippen LogP contribution in [0, 0.1) is 0 Å². The van der Waals surface area contributed by atoms with Gasteiger partial charge in [-0.05, 0) is 12.8 Å². The van der Waals surface area contributed by atoms with E-state index < -0.39 is 0 Å². The molecular formula is C10H12ClN3O. The van der Waals surface area contributed by atoms with E-state index in [4.69, 9.17) is 11.6 Å². The van der Waals surface area contributed by atoms with Crippen molar-refractivity contribution in [1.29, 1.82) is 0 Å². The Labute approximate surface area is 93.3 Å². The largest absolute Gasteiger partial charge is 0.334 e. The fourth-order valence-corrected chi connectivity index (χ4v) is 2.21. The van der Waals surface area contributed by atoms with E-state index in [1.807, 2.05) is 0 Å². The van der Waals surface area contributed by atoms with Crippen molar-refractivity contribution in [2.75, 3.05) is 6.54 Å². The van der Waals surface area contributed by atoms with Gasteiger partial charge in [-0.1, -0.05) is 11.6 Å². The third-order valence-electron chi connectivity index (χ3n) is 2.65. The number of carbonyl (C=O) groups is 1. The number of likely N-dealkylation sites (tertiary alicyclic amines) is 1. The van der Waals surface area contributed by atoms with Crippen molar-refractivity contribution in [3.8, 4) is 0 Å². The number of hydrogen-bond acceptors (Lipinski definition) is 3. The minimum absolute atomic E-state index is 0.00343. The van der Waals surface area contributed by atoms with Crippen LogP contribution in [0.4, 0.5) is 0 Å². The molecule has 0 saturated carbocycles. The Morgan fingerprint density at radius 3 is 2.93 bits per heavy atom. The highest BCUT2D eigenvalue weighted by Gasteiger charge is 2.30. The van der Waals surface area contributed by atoms with E-state index in [-0.39, 0.29) is 11.9 Å². The lowest BCUT2D eigenvalue weighted by Gasteiger charge is -2.22. The van der Waals surface area contributed by atoms with Gasteiger partial charge in [-0.15, -0.1) is 0 Å². The van der Waals surface area contributed by atoms with Crippen molar-refractivity contribution >= 4 is 17.5 Å². The number of hydrogen-bond donors (Lipinski definition) is 0. The molecule has 80 valence electrons. The molecule has 0 radical (unpaired) electrons. The molecule has 4 nitrogen and oxygen atoms in total. The van der Waals surface area contributed by atoms with Crippen molar-refractivity contribution in [2.45, 2.75) is 25.8 Å². The van der Waals surface area contributed by atoms with Gasteiger partial charge in [-0.25, -0.2) is 4.98 Å². The van der Waals surface area contributed by atoms with Crippen molar-refractivity contribution in [3.05, 3.63) is 23.2 Å². The van der Waals surface area contributed by atoms with Crippen LogP contribution in [-0.4, -0.2) is 27.3 Å². The molecule has 15 heavy (non-hydrogen) atoms. The monoisotopic (exact) mass is 225 g/mol. The summed E-state index contributed by atoms with van der Waals surface area (Å²) in [6, 6.07) is 0.00343. The average Bonchev–Trinajstić information content (AvgIpc) is 2.67. The molecular weight excluding hydrogens is 214 g/mol. The zero-order valence-corrected chi connectivity index (χ0v) is 9.24. The summed E-state index contributed by atoms with van der Waals surface area (Å²) in [4.78, 5) is 21.4. The molecule has 1 saturated heterocycles. The Kier molecular flexibility index (Phi) is 2.86. The maximum absolute atomic E-state index is 11.4. The number of halogens is 1. The summed E-state index contributed by atoms with van der Waals surface area (Å²) in [6.45, 7) is 2.36. The summed E-state index contributed by atoms with van der Waals surface area (Å²) in [5.74, 6) is 0.0687. The Balaban J connectivity index is 2.30. The molecule has 1 aromatic heterocycles. The van der Waals surface area contributed by atoms with Gasteiger partial charge in [0.05, 0.1) is 6.04 Å². The molecule has 0 spiro atoms. The van der Waals surface area contributed by atoms with Gasteiger partial charge < -0.3 is 4.90 Å². The summed E-state index contributed by atoms with van der Waals surface area (Å²) in [6.07, 6.45) is 5.08. The Bertz CT molecular complexity index is 383. The van der Waals surface area contributed by atoms with Crippen LogP contribution >= 0.6 is 11.6 Å². The summed E-state index contributed by atoms with van der Waals surface area (Å²) in [7, 11) is 0. The summed E-state index contributed by atoms with van der Waals surface area (Å²) in [5.41, 5.74) is 0.715. The lowest BCUT2D eigenvalue weighted by atomic mass is 10.1. The molecule has 0 unspecified atom stereocenters. The molecule has 1 aliphatic rings. The molecule has 1 amide bonds. The van der Waals surface area contributed by atoms with E-state index in [1.54, 1.807) is 24.2 Å². The van der Waals surface area contributed by atoms with Crippen molar-refractivity contribution in [2.24, 2.45) is 0 Å². The van der Waals surface area contributed by atoms with Crippen LogP contribution < -0.4 is 0 Å². The molecule has 1 atom stereocenters. The van der Waals surface area contributed by atoms with Crippen LogP contribution in [0.5, 0.6) is 0 Å². The first kappa shape index (κ1) is 10.4. The minimum Gasteiger partial charge on any atom is -0.334 e. The minimum atomic E-state index is 0.00343. The van der Waals surface area contributed by atoms with Gasteiger partial charge in [0.2, 0.25) is 5.91 Å². The second-order valence-electron chi connectivity index (χ2n) is 3.60. The number of rotatable bonds is 1. The highest BCUT2D eigenvalue weighted by molar-refractivity contribution is 6.30. The summed E-state index contributed by atoms with van der Waals surface area (Å²) >= 11 is 5.96. The van der Waals surface area contributed by atoms with E-state index in [0.717, 1.165) is 19.4 Å². The predicted molar refractivity (Wildman–Crippen MR) is 56.4 cm³/mol. The zero-order valence-electron chi connectivity index (χ0n) is 8.48. The zero-order chi connectivity index (χ0) is 10.8. The maximum atomic E-state index is 11.4. The lowest BCUT2D eigenvalue weighted by molar-refractivity contribution is -0.129. The fourth-order valence-electron chi connectivity index (χ4n) is 1.98. The molecule has 1 aliphatic heterocycles. The summed E-state index contributed by atoms with van der Waals surface area (Å²) < 4.78 is 0. The van der Waals surface area contributed by atoms with Gasteiger partial charge in [-0.2, -0.15) is 0 Å². The van der Waals surface area contributed by atoms with Gasteiger partial charge in [0.1, 0.15) is 5.69 Å². The molecule has 5 heteroatoms. The number of aromatic nitrogens is 2. The first-order chi connectivity index (χ1) is 7.20. The Morgan fingerprint density at radius 1 is 1.53 bits per heavy atom. The van der Waals surface area contributed by atoms with Gasteiger partial charge in [-0.3, -0.25) is 9.78 Å². The smallest absolute Gasteiger partial charge is 0.220 e. The average molecular weight is 226 g/mol. The quantitative estimate of drug-likeness (QED) is 0.733. The van der Waals surface area contributed by atoms with Crippen LogP contribution in [0.15, 0.2) is 12.4 Å². The van der Waals surface area contributed by atoms with E-state index >= 15 is 0 Å². The molecule has 0 aromatic carbocycles. The van der Waals surface area contributed by atoms with Crippen LogP contribution in [-0.2, 0) is 4.79 Å². The van der Waals surface area contributed by atoms with Crippen molar-refractivity contribution in [1.82, 2.24) is 14.9 Å². The first-order valence-corrected chi connectivity index (χ1v) is 5.31. The molecule has 2 rings (SSSR count). The van der Waals surface area contributed by atoms with E-state index in [9.17, 15) is 4.79 Å². The molecule has 0 bridgehead atoms. The Morgan fingerprint density at radius 2 is 2.27 bits per heavy atom. The third-order valence-corrected chi connectivity index (χ3v) is 2.94. The van der Waals surface area contributed by atoms with Gasteiger partial charge in [0, 0.05) is 25.9 Å². The Hall–Kier alpha value is -1.16. The third kappa shape index (κ3) is 1.95. The van der Waals surface area contributed by atoms with Crippen molar-refractivity contribution in [3.63, 3.8) is 0 Å². The van der Waals surface area contributed by atoms with Crippen LogP contribution in [0.3, 0.4) is 0 Å². The first-order valence-electron chi connectivity index (χ1n) is 4.94. The van der Waals surface area contributed by atoms with Crippen molar-refractivity contribution < 1.29 is 4.79 Å². The number of amides is 1. The van der Waals surface area contributed by atoms with E-state index in [2.05, 4.69) is 9.97 Å². The second-order valence-corrected chi connectivity index (χ2v) is 3.96. The second kappa shape index (κ2) is 4.14. The topological polar surface area (TPSA) is 46.1 Å². The number of nitrogens with zero attached hydrogens (tertiary/aromatic N) is 3. The molecule has 0 aliphatic carbocycles. The molecule has 1 fully saturated rings. The summed E-state index contributed by atoms with van der Waals surface area (Å²) in [5, 5.41) is 0.399. The lowest BCUT2D eigenvalue weighted by Crippen LogP contribution is -2.28. The fraction of sp³-hybridized carbons (Fsp3) is 0.500. The molecule has 2 heterocycles. The van der Waals surface area contributed by atoms with Crippen LogP contribution in [0.25, 0.3) is 0 Å². The van der Waals surface area contributed by atoms with Crippen LogP contribution in [0.2, 0.25) is 5.15 Å². The van der Waals surface area contributed by atoms with Gasteiger partial charge in [0.25, 0.3) is 0 Å². The van der Waals surface area contributed by atoms with Gasteiger partial charge >= 0.3 is 0 Å². The van der Waals surface area contributed by atoms with E-state index in [1.165, 1.54) is 0 Å². The normalized spacial score (nSPS) is 20.7. The molecule has 0 N–H and O–H groups in total. The highest BCUT2D eigenvalue weighted by atomic mass is 35.5.